The Morgan fingerprint density at radius 2 is 1.96 bits per heavy atom. The highest BCUT2D eigenvalue weighted by atomic mass is 16.4. The van der Waals surface area contributed by atoms with Crippen molar-refractivity contribution >= 4 is 17.5 Å². The molecular formula is C19H19N3O3. The van der Waals surface area contributed by atoms with Crippen LogP contribution in [0.5, 0.6) is 0 Å². The lowest BCUT2D eigenvalue weighted by Gasteiger charge is -2.24. The Balaban J connectivity index is 1.91. The van der Waals surface area contributed by atoms with Gasteiger partial charge in [0.1, 0.15) is 11.2 Å². The van der Waals surface area contributed by atoms with Crippen LogP contribution in [0, 0.1) is 0 Å². The number of aromatic nitrogens is 2. The molecule has 6 heteroatoms. The Hall–Kier alpha value is -3.15. The van der Waals surface area contributed by atoms with Gasteiger partial charge in [-0.1, -0.05) is 37.3 Å². The molecule has 2 heterocycles. The molecule has 3 rings (SSSR count). The van der Waals surface area contributed by atoms with Crippen LogP contribution in [0.2, 0.25) is 0 Å². The van der Waals surface area contributed by atoms with Crippen LogP contribution in [-0.2, 0) is 4.79 Å². The molecule has 0 bridgehead atoms. The highest BCUT2D eigenvalue weighted by molar-refractivity contribution is 5.98. The number of carboxylic acid groups (broad SMARTS) is 1. The van der Waals surface area contributed by atoms with Crippen molar-refractivity contribution in [2.45, 2.75) is 25.8 Å². The van der Waals surface area contributed by atoms with Crippen LogP contribution in [-0.4, -0.2) is 31.9 Å². The second kappa shape index (κ2) is 6.39. The molecule has 0 radical (unpaired) electrons. The van der Waals surface area contributed by atoms with E-state index in [9.17, 15) is 14.7 Å². The van der Waals surface area contributed by atoms with Gasteiger partial charge >= 0.3 is 5.97 Å². The van der Waals surface area contributed by atoms with Crippen LogP contribution in [0.1, 0.15) is 30.6 Å². The van der Waals surface area contributed by atoms with Gasteiger partial charge < -0.3 is 14.8 Å². The topological polar surface area (TPSA) is 83.7 Å². The lowest BCUT2D eigenvalue weighted by atomic mass is 9.98. The van der Waals surface area contributed by atoms with Crippen molar-refractivity contribution in [2.24, 2.45) is 0 Å². The lowest BCUT2D eigenvalue weighted by Crippen LogP contribution is -2.51. The van der Waals surface area contributed by atoms with Crippen molar-refractivity contribution in [3.8, 4) is 11.3 Å². The van der Waals surface area contributed by atoms with Crippen LogP contribution in [0.3, 0.4) is 0 Å². The van der Waals surface area contributed by atoms with Crippen molar-refractivity contribution in [2.75, 3.05) is 0 Å². The molecule has 128 valence electrons. The number of pyridine rings is 1. The third-order valence-electron chi connectivity index (χ3n) is 4.36. The Morgan fingerprint density at radius 1 is 1.24 bits per heavy atom. The first-order valence-corrected chi connectivity index (χ1v) is 8.03. The number of nitrogens with zero attached hydrogens (tertiary/aromatic N) is 2. The highest BCUT2D eigenvalue weighted by Crippen LogP contribution is 2.19. The summed E-state index contributed by atoms with van der Waals surface area (Å²) >= 11 is 0. The monoisotopic (exact) mass is 337 g/mol. The Bertz CT molecular complexity index is 933. The summed E-state index contributed by atoms with van der Waals surface area (Å²) < 4.78 is 1.83. The molecule has 2 N–H and O–H groups in total. The highest BCUT2D eigenvalue weighted by Gasteiger charge is 2.33. The third-order valence-corrected chi connectivity index (χ3v) is 4.36. The van der Waals surface area contributed by atoms with E-state index in [1.54, 1.807) is 25.3 Å². The maximum atomic E-state index is 12.4. The van der Waals surface area contributed by atoms with E-state index in [-0.39, 0.29) is 6.42 Å². The smallest absolute Gasteiger partial charge is 0.329 e. The molecule has 1 unspecified atom stereocenters. The number of carbonyl (C=O) groups is 2. The molecule has 0 aliphatic carbocycles. The third kappa shape index (κ3) is 3.24. The number of fused-ring (bicyclic) bond motifs is 1. The minimum absolute atomic E-state index is 0.290. The molecule has 0 fully saturated rings. The first kappa shape index (κ1) is 16.7. The fraction of sp³-hybridized carbons (Fsp3) is 0.211. The van der Waals surface area contributed by atoms with Gasteiger partial charge in [0, 0.05) is 23.5 Å². The minimum Gasteiger partial charge on any atom is -0.480 e. The average molecular weight is 337 g/mol. The zero-order valence-corrected chi connectivity index (χ0v) is 14.1. The first-order valence-electron chi connectivity index (χ1n) is 8.03. The first-order chi connectivity index (χ1) is 11.9. The summed E-state index contributed by atoms with van der Waals surface area (Å²) in [6.07, 6.45) is 3.92. The number of hydrogen-bond acceptors (Lipinski definition) is 3. The predicted octanol–water partition coefficient (Wildman–Crippen LogP) is 2.98. The van der Waals surface area contributed by atoms with Gasteiger partial charge in [-0.3, -0.25) is 4.79 Å². The number of imidazole rings is 1. The Kier molecular flexibility index (Phi) is 4.27. The number of nitrogens with one attached hydrogen (secondary N) is 1. The van der Waals surface area contributed by atoms with E-state index < -0.39 is 17.4 Å². The second-order valence-corrected chi connectivity index (χ2v) is 6.12. The molecule has 1 amide bonds. The molecular weight excluding hydrogens is 318 g/mol. The van der Waals surface area contributed by atoms with Crippen LogP contribution in [0.4, 0.5) is 0 Å². The van der Waals surface area contributed by atoms with Crippen molar-refractivity contribution in [1.29, 1.82) is 0 Å². The number of amides is 1. The summed E-state index contributed by atoms with van der Waals surface area (Å²) in [5.74, 6) is -1.49. The summed E-state index contributed by atoms with van der Waals surface area (Å²) in [6.45, 7) is 3.22. The molecule has 1 aromatic carbocycles. The second-order valence-electron chi connectivity index (χ2n) is 6.12. The van der Waals surface area contributed by atoms with Gasteiger partial charge in [0.25, 0.3) is 5.91 Å². The van der Waals surface area contributed by atoms with E-state index in [1.165, 1.54) is 6.92 Å². The molecule has 3 aromatic rings. The van der Waals surface area contributed by atoms with E-state index in [1.807, 2.05) is 40.9 Å². The molecule has 0 spiro atoms. The van der Waals surface area contributed by atoms with Crippen molar-refractivity contribution < 1.29 is 14.7 Å². The fourth-order valence-electron chi connectivity index (χ4n) is 2.49. The number of carboxylic acids is 1. The fourth-order valence-corrected chi connectivity index (χ4v) is 2.49. The zero-order valence-electron chi connectivity index (χ0n) is 14.1. The van der Waals surface area contributed by atoms with Gasteiger partial charge in [-0.2, -0.15) is 0 Å². The van der Waals surface area contributed by atoms with Gasteiger partial charge in [0.2, 0.25) is 0 Å². The number of rotatable bonds is 5. The summed E-state index contributed by atoms with van der Waals surface area (Å²) in [5, 5.41) is 11.9. The Morgan fingerprint density at radius 3 is 2.60 bits per heavy atom. The molecule has 0 saturated heterocycles. The summed E-state index contributed by atoms with van der Waals surface area (Å²) in [7, 11) is 0. The van der Waals surface area contributed by atoms with E-state index >= 15 is 0 Å². The maximum Gasteiger partial charge on any atom is 0.329 e. The predicted molar refractivity (Wildman–Crippen MR) is 94.4 cm³/mol. The van der Waals surface area contributed by atoms with Crippen LogP contribution in [0.15, 0.2) is 54.9 Å². The average Bonchev–Trinajstić information content (AvgIpc) is 3.05. The molecule has 0 aliphatic heterocycles. The normalized spacial score (nSPS) is 13.4. The summed E-state index contributed by atoms with van der Waals surface area (Å²) in [4.78, 5) is 28.3. The van der Waals surface area contributed by atoms with Crippen LogP contribution < -0.4 is 5.32 Å². The minimum atomic E-state index is -1.30. The van der Waals surface area contributed by atoms with Crippen molar-refractivity contribution in [1.82, 2.24) is 14.7 Å². The molecule has 25 heavy (non-hydrogen) atoms. The Labute approximate surface area is 145 Å². The quantitative estimate of drug-likeness (QED) is 0.750. The molecule has 2 aromatic heterocycles. The summed E-state index contributed by atoms with van der Waals surface area (Å²) in [5.41, 5.74) is 1.50. The summed E-state index contributed by atoms with van der Waals surface area (Å²) in [6, 6.07) is 13.1. The van der Waals surface area contributed by atoms with Crippen molar-refractivity contribution in [3.63, 3.8) is 0 Å². The number of aliphatic carboxylic acids is 1. The van der Waals surface area contributed by atoms with Gasteiger partial charge in [0.05, 0.1) is 5.69 Å². The largest absolute Gasteiger partial charge is 0.480 e. The lowest BCUT2D eigenvalue weighted by molar-refractivity contribution is -0.143. The SMILES string of the molecule is CCC(C)(NC(=O)c1ccn2cc(-c3ccccc3)nc2c1)C(=O)O. The van der Waals surface area contributed by atoms with E-state index in [0.29, 0.717) is 11.2 Å². The number of carbonyl (C=O) groups excluding carboxylic acids is 1. The standard InChI is InChI=1S/C19H19N3O3/c1-3-19(2,18(24)25)21-17(23)14-9-10-22-12-15(20-16(22)11-14)13-7-5-4-6-8-13/h4-12H,3H2,1-2H3,(H,21,23)(H,24,25). The maximum absolute atomic E-state index is 12.4. The molecule has 0 aliphatic rings. The number of benzene rings is 1. The van der Waals surface area contributed by atoms with Crippen molar-refractivity contribution in [3.05, 3.63) is 60.4 Å². The molecule has 0 saturated carbocycles. The van der Waals surface area contributed by atoms with Gasteiger partial charge in [0.15, 0.2) is 0 Å². The van der Waals surface area contributed by atoms with Gasteiger partial charge in [-0.05, 0) is 25.5 Å². The van der Waals surface area contributed by atoms with E-state index in [4.69, 9.17) is 0 Å². The van der Waals surface area contributed by atoms with Gasteiger partial charge in [-0.25, -0.2) is 9.78 Å². The molecule has 6 nitrogen and oxygen atoms in total. The van der Waals surface area contributed by atoms with Crippen LogP contribution in [0.25, 0.3) is 16.9 Å². The van der Waals surface area contributed by atoms with E-state index in [0.717, 1.165) is 11.3 Å². The number of hydrogen-bond donors (Lipinski definition) is 2. The zero-order chi connectivity index (χ0) is 18.0. The van der Waals surface area contributed by atoms with Crippen LogP contribution >= 0.6 is 0 Å². The van der Waals surface area contributed by atoms with Gasteiger partial charge in [-0.15, -0.1) is 0 Å². The molecule has 1 atom stereocenters. The van der Waals surface area contributed by atoms with E-state index in [2.05, 4.69) is 10.3 Å².